The van der Waals surface area contributed by atoms with E-state index >= 15 is 0 Å². The normalized spacial score (nSPS) is 19.9. The molecule has 2 rings (SSSR count). The first-order chi connectivity index (χ1) is 8.75. The van der Waals surface area contributed by atoms with Gasteiger partial charge in [-0.05, 0) is 32.0 Å². The summed E-state index contributed by atoms with van der Waals surface area (Å²) in [5.41, 5.74) is 7.47. The molecule has 1 aromatic carbocycles. The molecule has 0 saturated carbocycles. The van der Waals surface area contributed by atoms with E-state index in [1.54, 1.807) is 0 Å². The minimum Gasteiger partial charge on any atom is -0.324 e. The van der Waals surface area contributed by atoms with Crippen molar-refractivity contribution in [3.05, 3.63) is 35.9 Å². The van der Waals surface area contributed by atoms with E-state index in [9.17, 15) is 0 Å². The molecule has 0 radical (unpaired) electrons. The molecule has 3 heteroatoms. The van der Waals surface area contributed by atoms with E-state index in [2.05, 4.69) is 41.1 Å². The second-order valence-electron chi connectivity index (χ2n) is 5.30. The second-order valence-corrected chi connectivity index (χ2v) is 5.30. The van der Waals surface area contributed by atoms with Crippen LogP contribution in [0.1, 0.15) is 24.4 Å². The Kier molecular flexibility index (Phi) is 5.17. The van der Waals surface area contributed by atoms with E-state index in [1.165, 1.54) is 44.7 Å². The average molecular weight is 247 g/mol. The van der Waals surface area contributed by atoms with Gasteiger partial charge in [-0.2, -0.15) is 0 Å². The standard InChI is InChI=1S/C15H25N3/c1-17-10-12-18(13-11-17)9-5-8-15(16)14-6-3-2-4-7-14/h2-4,6-7,15H,5,8-13,16H2,1H3. The van der Waals surface area contributed by atoms with Crippen LogP contribution in [-0.4, -0.2) is 49.6 Å². The van der Waals surface area contributed by atoms with Gasteiger partial charge in [-0.1, -0.05) is 30.3 Å². The molecule has 0 aromatic heterocycles. The summed E-state index contributed by atoms with van der Waals surface area (Å²) >= 11 is 0. The van der Waals surface area contributed by atoms with Gasteiger partial charge in [0.1, 0.15) is 0 Å². The molecule has 1 unspecified atom stereocenters. The van der Waals surface area contributed by atoms with Gasteiger partial charge < -0.3 is 15.5 Å². The van der Waals surface area contributed by atoms with E-state index < -0.39 is 0 Å². The molecule has 0 spiro atoms. The Morgan fingerprint density at radius 3 is 2.44 bits per heavy atom. The second kappa shape index (κ2) is 6.88. The molecule has 3 nitrogen and oxygen atoms in total. The number of nitrogens with zero attached hydrogens (tertiary/aromatic N) is 2. The quantitative estimate of drug-likeness (QED) is 0.860. The number of benzene rings is 1. The number of nitrogens with two attached hydrogens (primary N) is 1. The lowest BCUT2D eigenvalue weighted by Crippen LogP contribution is -2.44. The van der Waals surface area contributed by atoms with Crippen molar-refractivity contribution in [2.45, 2.75) is 18.9 Å². The Morgan fingerprint density at radius 2 is 1.78 bits per heavy atom. The van der Waals surface area contributed by atoms with Gasteiger partial charge in [0, 0.05) is 32.2 Å². The third-order valence-electron chi connectivity index (χ3n) is 3.81. The third kappa shape index (κ3) is 4.09. The van der Waals surface area contributed by atoms with Crippen LogP contribution in [0.3, 0.4) is 0 Å². The number of hydrogen-bond acceptors (Lipinski definition) is 3. The van der Waals surface area contributed by atoms with Crippen molar-refractivity contribution in [3.63, 3.8) is 0 Å². The number of hydrogen-bond donors (Lipinski definition) is 1. The van der Waals surface area contributed by atoms with E-state index in [1.807, 2.05) is 6.07 Å². The first-order valence-corrected chi connectivity index (χ1v) is 6.97. The van der Waals surface area contributed by atoms with Crippen LogP contribution in [0, 0.1) is 0 Å². The molecule has 1 aliphatic heterocycles. The monoisotopic (exact) mass is 247 g/mol. The van der Waals surface area contributed by atoms with Crippen molar-refractivity contribution in [2.75, 3.05) is 39.8 Å². The molecule has 1 heterocycles. The summed E-state index contributed by atoms with van der Waals surface area (Å²) in [4.78, 5) is 4.95. The molecular weight excluding hydrogens is 222 g/mol. The highest BCUT2D eigenvalue weighted by atomic mass is 15.2. The van der Waals surface area contributed by atoms with E-state index in [4.69, 9.17) is 5.73 Å². The van der Waals surface area contributed by atoms with Crippen LogP contribution in [0.4, 0.5) is 0 Å². The summed E-state index contributed by atoms with van der Waals surface area (Å²) < 4.78 is 0. The van der Waals surface area contributed by atoms with Gasteiger partial charge >= 0.3 is 0 Å². The molecule has 100 valence electrons. The fourth-order valence-corrected chi connectivity index (χ4v) is 2.47. The van der Waals surface area contributed by atoms with Gasteiger partial charge in [-0.15, -0.1) is 0 Å². The maximum absolute atomic E-state index is 6.21. The zero-order valence-electron chi connectivity index (χ0n) is 11.4. The lowest BCUT2D eigenvalue weighted by molar-refractivity contribution is 0.151. The minimum absolute atomic E-state index is 0.193. The smallest absolute Gasteiger partial charge is 0.0295 e. The zero-order valence-corrected chi connectivity index (χ0v) is 11.4. The summed E-state index contributed by atoms with van der Waals surface area (Å²) in [6.45, 7) is 6.00. The lowest BCUT2D eigenvalue weighted by Gasteiger charge is -2.32. The molecule has 1 atom stereocenters. The maximum Gasteiger partial charge on any atom is 0.0295 e. The van der Waals surface area contributed by atoms with Crippen molar-refractivity contribution >= 4 is 0 Å². The average Bonchev–Trinajstić information content (AvgIpc) is 2.42. The summed E-state index contributed by atoms with van der Waals surface area (Å²) in [7, 11) is 2.20. The van der Waals surface area contributed by atoms with Crippen molar-refractivity contribution in [2.24, 2.45) is 5.73 Å². The number of likely N-dealkylation sites (N-methyl/N-ethyl adjacent to an activating group) is 1. The van der Waals surface area contributed by atoms with E-state index in [-0.39, 0.29) is 6.04 Å². The van der Waals surface area contributed by atoms with Gasteiger partial charge in [0.2, 0.25) is 0 Å². The Hall–Kier alpha value is -0.900. The highest BCUT2D eigenvalue weighted by molar-refractivity contribution is 5.18. The van der Waals surface area contributed by atoms with Gasteiger partial charge in [0.25, 0.3) is 0 Å². The predicted octanol–water partition coefficient (Wildman–Crippen LogP) is 1.71. The molecule has 0 amide bonds. The van der Waals surface area contributed by atoms with Crippen molar-refractivity contribution in [1.29, 1.82) is 0 Å². The van der Waals surface area contributed by atoms with Crippen LogP contribution in [0.2, 0.25) is 0 Å². The first-order valence-electron chi connectivity index (χ1n) is 6.97. The van der Waals surface area contributed by atoms with Gasteiger partial charge in [0.05, 0.1) is 0 Å². The van der Waals surface area contributed by atoms with Gasteiger partial charge in [-0.25, -0.2) is 0 Å². The molecule has 0 bridgehead atoms. The SMILES string of the molecule is CN1CCN(CCCC(N)c2ccccc2)CC1. The summed E-state index contributed by atoms with van der Waals surface area (Å²) in [6, 6.07) is 10.6. The van der Waals surface area contributed by atoms with Crippen LogP contribution in [0.5, 0.6) is 0 Å². The first kappa shape index (κ1) is 13.5. The van der Waals surface area contributed by atoms with Gasteiger partial charge in [-0.3, -0.25) is 0 Å². The highest BCUT2D eigenvalue weighted by Gasteiger charge is 2.13. The minimum atomic E-state index is 0.193. The van der Waals surface area contributed by atoms with Crippen molar-refractivity contribution < 1.29 is 0 Å². The maximum atomic E-state index is 6.21. The highest BCUT2D eigenvalue weighted by Crippen LogP contribution is 2.15. The molecule has 1 saturated heterocycles. The van der Waals surface area contributed by atoms with Gasteiger partial charge in [0.15, 0.2) is 0 Å². The molecule has 1 fully saturated rings. The molecule has 0 aliphatic carbocycles. The Bertz CT molecular complexity index is 331. The van der Waals surface area contributed by atoms with Crippen LogP contribution in [0.25, 0.3) is 0 Å². The van der Waals surface area contributed by atoms with Crippen molar-refractivity contribution in [3.8, 4) is 0 Å². The largest absolute Gasteiger partial charge is 0.324 e. The Morgan fingerprint density at radius 1 is 1.11 bits per heavy atom. The van der Waals surface area contributed by atoms with Crippen LogP contribution in [-0.2, 0) is 0 Å². The molecule has 18 heavy (non-hydrogen) atoms. The third-order valence-corrected chi connectivity index (χ3v) is 3.81. The molecular formula is C15H25N3. The molecule has 2 N–H and O–H groups in total. The lowest BCUT2D eigenvalue weighted by atomic mass is 10.0. The van der Waals surface area contributed by atoms with Crippen LogP contribution >= 0.6 is 0 Å². The fraction of sp³-hybridized carbons (Fsp3) is 0.600. The van der Waals surface area contributed by atoms with E-state index in [0.29, 0.717) is 0 Å². The molecule has 1 aromatic rings. The summed E-state index contributed by atoms with van der Waals surface area (Å²) in [5, 5.41) is 0. The number of piperazine rings is 1. The zero-order chi connectivity index (χ0) is 12.8. The van der Waals surface area contributed by atoms with E-state index in [0.717, 1.165) is 6.42 Å². The topological polar surface area (TPSA) is 32.5 Å². The Labute approximate surface area is 111 Å². The summed E-state index contributed by atoms with van der Waals surface area (Å²) in [5.74, 6) is 0. The fourth-order valence-electron chi connectivity index (χ4n) is 2.47. The van der Waals surface area contributed by atoms with Crippen molar-refractivity contribution in [1.82, 2.24) is 9.80 Å². The molecule has 1 aliphatic rings. The predicted molar refractivity (Wildman–Crippen MR) is 76.5 cm³/mol. The van der Waals surface area contributed by atoms with Crippen LogP contribution in [0.15, 0.2) is 30.3 Å². The Balaban J connectivity index is 1.66. The van der Waals surface area contributed by atoms with Crippen LogP contribution < -0.4 is 5.73 Å². The summed E-state index contributed by atoms with van der Waals surface area (Å²) in [6.07, 6.45) is 2.27. The number of rotatable bonds is 5.